The molecule has 0 saturated heterocycles. The van der Waals surface area contributed by atoms with E-state index in [2.05, 4.69) is 10.4 Å². The molecule has 0 bridgehead atoms. The zero-order valence-corrected chi connectivity index (χ0v) is 10.5. The summed E-state index contributed by atoms with van der Waals surface area (Å²) in [4.78, 5) is 17.0. The van der Waals surface area contributed by atoms with Gasteiger partial charge in [0.15, 0.2) is 0 Å². The summed E-state index contributed by atoms with van der Waals surface area (Å²) >= 11 is 1.28. The number of aryl methyl sites for hydroxylation is 1. The fourth-order valence-corrected chi connectivity index (χ4v) is 2.39. The van der Waals surface area contributed by atoms with Gasteiger partial charge in [0, 0.05) is 16.8 Å². The van der Waals surface area contributed by atoms with Gasteiger partial charge in [0.2, 0.25) is 0 Å². The van der Waals surface area contributed by atoms with Crippen LogP contribution >= 0.6 is 11.3 Å². The summed E-state index contributed by atoms with van der Waals surface area (Å²) < 4.78 is 1.76. The van der Waals surface area contributed by atoms with Crippen LogP contribution in [0.15, 0.2) is 23.1 Å². The molecule has 0 amide bonds. The normalized spacial score (nSPS) is 10.5. The molecule has 0 unspecified atom stereocenters. The fourth-order valence-electron chi connectivity index (χ4n) is 1.56. The highest BCUT2D eigenvalue weighted by Gasteiger charge is 2.07. The monoisotopic (exact) mass is 250 g/mol. The van der Waals surface area contributed by atoms with E-state index in [0.717, 1.165) is 16.1 Å². The van der Waals surface area contributed by atoms with Crippen LogP contribution in [-0.4, -0.2) is 9.55 Å². The molecule has 3 N–H and O–H groups in total. The maximum atomic E-state index is 11.7. The van der Waals surface area contributed by atoms with Gasteiger partial charge in [-0.2, -0.15) is 0 Å². The van der Waals surface area contributed by atoms with E-state index >= 15 is 0 Å². The number of hydrogen-bond acceptors (Lipinski definition) is 5. The van der Waals surface area contributed by atoms with Crippen molar-refractivity contribution in [2.24, 2.45) is 5.84 Å². The third-order valence-electron chi connectivity index (χ3n) is 2.69. The van der Waals surface area contributed by atoms with Crippen molar-refractivity contribution in [3.05, 3.63) is 44.1 Å². The van der Waals surface area contributed by atoms with E-state index in [0.29, 0.717) is 12.4 Å². The van der Waals surface area contributed by atoms with Crippen molar-refractivity contribution in [1.82, 2.24) is 9.55 Å². The first-order valence-electron chi connectivity index (χ1n) is 5.20. The largest absolute Gasteiger partial charge is 0.308 e. The van der Waals surface area contributed by atoms with Crippen molar-refractivity contribution in [3.63, 3.8) is 0 Å². The molecule has 0 spiro atoms. The molecule has 2 heterocycles. The zero-order chi connectivity index (χ0) is 12.4. The number of rotatable bonds is 3. The zero-order valence-electron chi connectivity index (χ0n) is 9.73. The third kappa shape index (κ3) is 2.37. The molecule has 5 nitrogen and oxygen atoms in total. The van der Waals surface area contributed by atoms with Crippen molar-refractivity contribution in [2.75, 3.05) is 5.43 Å². The Bertz CT molecular complexity index is 570. The fraction of sp³-hybridized carbons (Fsp3) is 0.273. The number of anilines is 1. The van der Waals surface area contributed by atoms with Crippen LogP contribution < -0.4 is 16.1 Å². The number of aromatic nitrogens is 2. The van der Waals surface area contributed by atoms with Gasteiger partial charge in [0.25, 0.3) is 0 Å². The minimum atomic E-state index is 0.0704. The van der Waals surface area contributed by atoms with Crippen molar-refractivity contribution in [1.29, 1.82) is 0 Å². The third-order valence-corrected chi connectivity index (χ3v) is 3.69. The lowest BCUT2D eigenvalue weighted by molar-refractivity contribution is 0.748. The number of nitrogens with zero attached hydrogens (tertiary/aromatic N) is 2. The predicted molar refractivity (Wildman–Crippen MR) is 69.2 cm³/mol. The van der Waals surface area contributed by atoms with E-state index in [1.165, 1.54) is 11.3 Å². The Morgan fingerprint density at radius 1 is 1.47 bits per heavy atom. The predicted octanol–water partition coefficient (Wildman–Crippen LogP) is 1.26. The molecule has 6 heteroatoms. The van der Waals surface area contributed by atoms with Crippen LogP contribution in [0.5, 0.6) is 0 Å². The van der Waals surface area contributed by atoms with E-state index in [-0.39, 0.29) is 4.87 Å². The maximum Gasteiger partial charge on any atom is 0.307 e. The lowest BCUT2D eigenvalue weighted by Gasteiger charge is -2.05. The summed E-state index contributed by atoms with van der Waals surface area (Å²) in [5.74, 6) is 5.85. The van der Waals surface area contributed by atoms with Crippen molar-refractivity contribution in [3.8, 4) is 0 Å². The number of thiazole rings is 1. The van der Waals surface area contributed by atoms with E-state index in [4.69, 9.17) is 5.84 Å². The van der Waals surface area contributed by atoms with E-state index in [1.54, 1.807) is 16.8 Å². The second-order valence-corrected chi connectivity index (χ2v) is 4.96. The van der Waals surface area contributed by atoms with Gasteiger partial charge in [0.05, 0.1) is 6.54 Å². The highest BCUT2D eigenvalue weighted by atomic mass is 32.1. The molecule has 90 valence electrons. The number of nitrogen functional groups attached to an aromatic ring is 1. The molecular formula is C11H14N4OS. The number of hydrazine groups is 1. The Morgan fingerprint density at radius 3 is 2.71 bits per heavy atom. The van der Waals surface area contributed by atoms with Gasteiger partial charge in [-0.1, -0.05) is 17.4 Å². The minimum absolute atomic E-state index is 0.0704. The second kappa shape index (κ2) is 4.68. The number of pyridine rings is 1. The van der Waals surface area contributed by atoms with Gasteiger partial charge >= 0.3 is 4.87 Å². The van der Waals surface area contributed by atoms with E-state index in [1.807, 2.05) is 19.9 Å². The summed E-state index contributed by atoms with van der Waals surface area (Å²) in [7, 11) is 0. The van der Waals surface area contributed by atoms with Crippen molar-refractivity contribution >= 4 is 17.2 Å². The lowest BCUT2D eigenvalue weighted by atomic mass is 10.2. The van der Waals surface area contributed by atoms with Crippen LogP contribution in [0.25, 0.3) is 0 Å². The smallest absolute Gasteiger partial charge is 0.307 e. The first-order chi connectivity index (χ1) is 8.11. The first-order valence-corrected chi connectivity index (χ1v) is 6.02. The molecule has 17 heavy (non-hydrogen) atoms. The maximum absolute atomic E-state index is 11.7. The molecule has 0 fully saturated rings. The quantitative estimate of drug-likeness (QED) is 0.635. The topological polar surface area (TPSA) is 72.9 Å². The SMILES string of the molecule is Cc1sc(=O)n(Cc2ccc(NN)nc2)c1C. The summed E-state index contributed by atoms with van der Waals surface area (Å²) in [6.45, 7) is 4.46. The van der Waals surface area contributed by atoms with Gasteiger partial charge in [-0.15, -0.1) is 0 Å². The second-order valence-electron chi connectivity index (χ2n) is 3.79. The Balaban J connectivity index is 2.28. The van der Waals surface area contributed by atoms with E-state index in [9.17, 15) is 4.79 Å². The number of nitrogens with one attached hydrogen (secondary N) is 1. The van der Waals surface area contributed by atoms with Gasteiger partial charge < -0.3 is 5.43 Å². The highest BCUT2D eigenvalue weighted by Crippen LogP contribution is 2.12. The molecule has 0 aliphatic heterocycles. The summed E-state index contributed by atoms with van der Waals surface area (Å²) in [5, 5.41) is 0. The first kappa shape index (κ1) is 11.8. The molecule has 0 atom stereocenters. The van der Waals surface area contributed by atoms with Gasteiger partial charge in [-0.05, 0) is 25.5 Å². The highest BCUT2D eigenvalue weighted by molar-refractivity contribution is 7.09. The molecule has 2 rings (SSSR count). The lowest BCUT2D eigenvalue weighted by Crippen LogP contribution is -2.15. The summed E-state index contributed by atoms with van der Waals surface area (Å²) in [6, 6.07) is 3.69. The average Bonchev–Trinajstić information content (AvgIpc) is 2.57. The molecular weight excluding hydrogens is 236 g/mol. The van der Waals surface area contributed by atoms with Gasteiger partial charge in [0.1, 0.15) is 5.82 Å². The Kier molecular flexibility index (Phi) is 3.26. The van der Waals surface area contributed by atoms with Crippen LogP contribution in [0.1, 0.15) is 16.1 Å². The van der Waals surface area contributed by atoms with Crippen LogP contribution in [0.4, 0.5) is 5.82 Å². The summed E-state index contributed by atoms with van der Waals surface area (Å²) in [5.41, 5.74) is 4.46. The molecule has 0 saturated carbocycles. The molecule has 2 aromatic heterocycles. The van der Waals surface area contributed by atoms with E-state index < -0.39 is 0 Å². The number of hydrogen-bond donors (Lipinski definition) is 2. The van der Waals surface area contributed by atoms with Crippen LogP contribution in [-0.2, 0) is 6.54 Å². The molecule has 0 aliphatic carbocycles. The average molecular weight is 250 g/mol. The standard InChI is InChI=1S/C11H14N4OS/c1-7-8(2)17-11(16)15(7)6-9-3-4-10(14-12)13-5-9/h3-5H,6,12H2,1-2H3,(H,13,14). The van der Waals surface area contributed by atoms with Crippen molar-refractivity contribution in [2.45, 2.75) is 20.4 Å². The number of nitrogens with two attached hydrogens (primary N) is 1. The Hall–Kier alpha value is -1.66. The van der Waals surface area contributed by atoms with Crippen LogP contribution in [0.2, 0.25) is 0 Å². The van der Waals surface area contributed by atoms with Gasteiger partial charge in [-0.3, -0.25) is 9.36 Å². The molecule has 0 aromatic carbocycles. The molecule has 0 aliphatic rings. The van der Waals surface area contributed by atoms with Crippen molar-refractivity contribution < 1.29 is 0 Å². The molecule has 0 radical (unpaired) electrons. The Labute approximate surface area is 103 Å². The van der Waals surface area contributed by atoms with Crippen LogP contribution in [0, 0.1) is 13.8 Å². The summed E-state index contributed by atoms with van der Waals surface area (Å²) in [6.07, 6.45) is 1.72. The molecule has 2 aromatic rings. The minimum Gasteiger partial charge on any atom is -0.308 e. The van der Waals surface area contributed by atoms with Crippen LogP contribution in [0.3, 0.4) is 0 Å². The Morgan fingerprint density at radius 2 is 2.24 bits per heavy atom. The van der Waals surface area contributed by atoms with Gasteiger partial charge in [-0.25, -0.2) is 10.8 Å².